The van der Waals surface area contributed by atoms with Crippen LogP contribution < -0.4 is 0 Å². The van der Waals surface area contributed by atoms with Crippen molar-refractivity contribution in [3.8, 4) is 0 Å². The first-order valence-corrected chi connectivity index (χ1v) is 10.1. The van der Waals surface area contributed by atoms with Crippen molar-refractivity contribution in [2.45, 2.75) is 25.9 Å². The van der Waals surface area contributed by atoms with E-state index < -0.39 is 5.60 Å². The molecule has 2 nitrogen and oxygen atoms in total. The first kappa shape index (κ1) is 20.3. The molecule has 0 heterocycles. The summed E-state index contributed by atoms with van der Waals surface area (Å²) in [6.45, 7) is 5.10. The maximum atomic E-state index is 9.40. The van der Waals surface area contributed by atoms with Crippen LogP contribution in [-0.4, -0.2) is 18.3 Å². The van der Waals surface area contributed by atoms with Crippen LogP contribution in [0.4, 0.5) is 0 Å². The molecule has 0 saturated heterocycles. The summed E-state index contributed by atoms with van der Waals surface area (Å²) < 4.78 is 6.81. The zero-order valence-electron chi connectivity index (χ0n) is 16.8. The lowest BCUT2D eigenvalue weighted by Crippen LogP contribution is -2.34. The summed E-state index contributed by atoms with van der Waals surface area (Å²) in [4.78, 5) is 0. The van der Waals surface area contributed by atoms with Crippen LogP contribution in [0.1, 0.15) is 37.0 Å². The molecule has 0 aliphatic rings. The second kappa shape index (κ2) is 9.68. The van der Waals surface area contributed by atoms with E-state index >= 15 is 0 Å². The van der Waals surface area contributed by atoms with Crippen LogP contribution in [-0.2, 0) is 10.3 Å². The van der Waals surface area contributed by atoms with Gasteiger partial charge in [-0.1, -0.05) is 105 Å². The fraction of sp³-hybridized carbons (Fsp3) is 0.308. The highest BCUT2D eigenvalue weighted by molar-refractivity contribution is 5.47. The summed E-state index contributed by atoms with van der Waals surface area (Å²) in [7, 11) is 0. The molecule has 2 atom stereocenters. The van der Waals surface area contributed by atoms with Gasteiger partial charge in [-0.05, 0) is 34.9 Å². The summed E-state index contributed by atoms with van der Waals surface area (Å²) in [6.07, 6.45) is 0.935. The topological polar surface area (TPSA) is 29.5 Å². The van der Waals surface area contributed by atoms with E-state index in [2.05, 4.69) is 86.6 Å². The Morgan fingerprint density at radius 3 is 1.43 bits per heavy atom. The van der Waals surface area contributed by atoms with Gasteiger partial charge in [0, 0.05) is 6.61 Å². The smallest absolute Gasteiger partial charge is 0.143 e. The lowest BCUT2D eigenvalue weighted by Gasteiger charge is -2.37. The van der Waals surface area contributed by atoms with E-state index in [1.807, 2.05) is 18.2 Å². The van der Waals surface area contributed by atoms with Crippen molar-refractivity contribution in [1.29, 1.82) is 0 Å². The fourth-order valence-corrected chi connectivity index (χ4v) is 3.87. The van der Waals surface area contributed by atoms with E-state index in [1.54, 1.807) is 0 Å². The summed E-state index contributed by atoms with van der Waals surface area (Å²) in [5, 5.41) is 9.40. The predicted octanol–water partition coefficient (Wildman–Crippen LogP) is 5.65. The molecule has 0 unspecified atom stereocenters. The number of hydrogen-bond donors (Lipinski definition) is 1. The molecule has 0 fully saturated rings. The molecule has 146 valence electrons. The second-order valence-corrected chi connectivity index (χ2v) is 7.72. The minimum atomic E-state index is -0.666. The van der Waals surface area contributed by atoms with Crippen molar-refractivity contribution in [1.82, 2.24) is 0 Å². The summed E-state index contributed by atoms with van der Waals surface area (Å²) >= 11 is 0. The molecule has 2 heteroatoms. The SMILES string of the molecule is C[C@H](CO)C[C@@H](C)COC(c1ccccc1)(c1ccccc1)c1ccccc1. The van der Waals surface area contributed by atoms with Gasteiger partial charge in [0.15, 0.2) is 0 Å². The zero-order chi connectivity index (χ0) is 19.8. The first-order valence-electron chi connectivity index (χ1n) is 10.1. The van der Waals surface area contributed by atoms with E-state index in [-0.39, 0.29) is 12.5 Å². The molecular weight excluding hydrogens is 344 g/mol. The van der Waals surface area contributed by atoms with Gasteiger partial charge in [-0.3, -0.25) is 0 Å². The molecule has 0 amide bonds. The van der Waals surface area contributed by atoms with Crippen molar-refractivity contribution >= 4 is 0 Å². The van der Waals surface area contributed by atoms with Crippen LogP contribution in [0.25, 0.3) is 0 Å². The molecule has 0 radical (unpaired) electrons. The van der Waals surface area contributed by atoms with Gasteiger partial charge in [0.25, 0.3) is 0 Å². The lowest BCUT2D eigenvalue weighted by molar-refractivity contribution is -0.00994. The Bertz CT molecular complexity index is 718. The van der Waals surface area contributed by atoms with E-state index in [0.29, 0.717) is 12.5 Å². The Kier molecular flexibility index (Phi) is 7.02. The van der Waals surface area contributed by atoms with E-state index in [0.717, 1.165) is 23.1 Å². The monoisotopic (exact) mass is 374 g/mol. The third kappa shape index (κ3) is 4.52. The quantitative estimate of drug-likeness (QED) is 0.490. The standard InChI is InChI=1S/C26H30O2/c1-21(19-27)18-22(2)20-28-26(23-12-6-3-7-13-23,24-14-8-4-9-15-24)25-16-10-5-11-17-25/h3-17,21-22,27H,18-20H2,1-2H3/t21-,22+/m0/s1. The van der Waals surface area contributed by atoms with Crippen LogP contribution in [0.2, 0.25) is 0 Å². The van der Waals surface area contributed by atoms with Crippen LogP contribution in [0, 0.1) is 11.8 Å². The Labute approximate surface area is 168 Å². The van der Waals surface area contributed by atoms with E-state index in [1.165, 1.54) is 0 Å². The third-order valence-electron chi connectivity index (χ3n) is 5.24. The van der Waals surface area contributed by atoms with E-state index in [9.17, 15) is 5.11 Å². The maximum Gasteiger partial charge on any atom is 0.143 e. The number of hydrogen-bond acceptors (Lipinski definition) is 2. The summed E-state index contributed by atoms with van der Waals surface area (Å²) in [5.74, 6) is 0.621. The largest absolute Gasteiger partial charge is 0.396 e. The van der Waals surface area contributed by atoms with E-state index in [4.69, 9.17) is 4.74 Å². The van der Waals surface area contributed by atoms with Crippen molar-refractivity contribution < 1.29 is 9.84 Å². The molecule has 3 aromatic rings. The van der Waals surface area contributed by atoms with Gasteiger partial charge in [0.2, 0.25) is 0 Å². The Morgan fingerprint density at radius 1 is 0.679 bits per heavy atom. The molecular formula is C26H30O2. The second-order valence-electron chi connectivity index (χ2n) is 7.72. The van der Waals surface area contributed by atoms with Crippen molar-refractivity contribution in [2.24, 2.45) is 11.8 Å². The van der Waals surface area contributed by atoms with Crippen LogP contribution in [0.15, 0.2) is 91.0 Å². The molecule has 0 aromatic heterocycles. The van der Waals surface area contributed by atoms with Gasteiger partial charge in [-0.2, -0.15) is 0 Å². The number of benzene rings is 3. The van der Waals surface area contributed by atoms with Crippen LogP contribution in [0.3, 0.4) is 0 Å². The van der Waals surface area contributed by atoms with Gasteiger partial charge >= 0.3 is 0 Å². The van der Waals surface area contributed by atoms with Crippen molar-refractivity contribution in [2.75, 3.05) is 13.2 Å². The highest BCUT2D eigenvalue weighted by Crippen LogP contribution is 2.40. The van der Waals surface area contributed by atoms with Gasteiger partial charge in [-0.15, -0.1) is 0 Å². The Balaban J connectivity index is 2.06. The molecule has 0 spiro atoms. The molecule has 0 saturated carbocycles. The minimum absolute atomic E-state index is 0.214. The number of rotatable bonds is 9. The van der Waals surface area contributed by atoms with Gasteiger partial charge in [0.1, 0.15) is 5.60 Å². The summed E-state index contributed by atoms with van der Waals surface area (Å²) in [6, 6.07) is 31.3. The van der Waals surface area contributed by atoms with Gasteiger partial charge in [-0.25, -0.2) is 0 Å². The van der Waals surface area contributed by atoms with Crippen molar-refractivity contribution in [3.05, 3.63) is 108 Å². The first-order chi connectivity index (χ1) is 13.7. The van der Waals surface area contributed by atoms with Crippen LogP contribution >= 0.6 is 0 Å². The third-order valence-corrected chi connectivity index (χ3v) is 5.24. The molecule has 0 bridgehead atoms. The Morgan fingerprint density at radius 2 is 1.07 bits per heavy atom. The molecule has 1 N–H and O–H groups in total. The lowest BCUT2D eigenvalue weighted by atomic mass is 9.80. The minimum Gasteiger partial charge on any atom is -0.396 e. The van der Waals surface area contributed by atoms with Gasteiger partial charge < -0.3 is 9.84 Å². The van der Waals surface area contributed by atoms with Crippen LogP contribution in [0.5, 0.6) is 0 Å². The zero-order valence-corrected chi connectivity index (χ0v) is 16.8. The maximum absolute atomic E-state index is 9.40. The predicted molar refractivity (Wildman–Crippen MR) is 115 cm³/mol. The number of aliphatic hydroxyl groups excluding tert-OH is 1. The van der Waals surface area contributed by atoms with Crippen molar-refractivity contribution in [3.63, 3.8) is 0 Å². The Hall–Kier alpha value is -2.42. The molecule has 28 heavy (non-hydrogen) atoms. The van der Waals surface area contributed by atoms with Gasteiger partial charge in [0.05, 0.1) is 6.61 Å². The number of ether oxygens (including phenoxy) is 1. The molecule has 3 aromatic carbocycles. The summed E-state index contributed by atoms with van der Waals surface area (Å²) in [5.41, 5.74) is 2.69. The highest BCUT2D eigenvalue weighted by atomic mass is 16.5. The molecule has 0 aliphatic heterocycles. The normalized spacial score (nSPS) is 13.8. The molecule has 3 rings (SSSR count). The highest BCUT2D eigenvalue weighted by Gasteiger charge is 2.37. The average Bonchev–Trinajstić information content (AvgIpc) is 2.76. The average molecular weight is 375 g/mol. The number of aliphatic hydroxyl groups is 1. The molecule has 0 aliphatic carbocycles. The fourth-order valence-electron chi connectivity index (χ4n) is 3.87.